The van der Waals surface area contributed by atoms with E-state index in [0.29, 0.717) is 5.56 Å². The van der Waals surface area contributed by atoms with Crippen LogP contribution in [0.2, 0.25) is 0 Å². The van der Waals surface area contributed by atoms with Crippen molar-refractivity contribution < 1.29 is 22.8 Å². The second-order valence-corrected chi connectivity index (χ2v) is 8.34. The van der Waals surface area contributed by atoms with Crippen LogP contribution in [0.5, 0.6) is 0 Å². The van der Waals surface area contributed by atoms with Crippen molar-refractivity contribution in [2.24, 2.45) is 0 Å². The highest BCUT2D eigenvalue weighted by Crippen LogP contribution is 2.33. The molecule has 0 unspecified atom stereocenters. The molecule has 0 radical (unpaired) electrons. The Kier molecular flexibility index (Phi) is 5.91. The van der Waals surface area contributed by atoms with Gasteiger partial charge in [0, 0.05) is 17.1 Å². The number of aryl methyl sites for hydroxylation is 2. The van der Waals surface area contributed by atoms with Gasteiger partial charge in [0.2, 0.25) is 0 Å². The number of halogens is 3. The molecule has 4 rings (SSSR count). The summed E-state index contributed by atoms with van der Waals surface area (Å²) in [5, 5.41) is 2.13. The first-order chi connectivity index (χ1) is 16.0. The van der Waals surface area contributed by atoms with Crippen molar-refractivity contribution in [1.29, 1.82) is 0 Å². The van der Waals surface area contributed by atoms with Crippen molar-refractivity contribution in [2.75, 3.05) is 4.90 Å². The van der Waals surface area contributed by atoms with E-state index in [4.69, 9.17) is 12.2 Å². The van der Waals surface area contributed by atoms with Gasteiger partial charge in [-0.25, -0.2) is 0 Å². The number of aromatic nitrogens is 1. The first kappa shape index (κ1) is 23.4. The zero-order valence-electron chi connectivity index (χ0n) is 18.5. The minimum atomic E-state index is -4.59. The number of nitrogens with one attached hydrogen (secondary N) is 1. The maximum atomic E-state index is 13.3. The van der Waals surface area contributed by atoms with Gasteiger partial charge in [0.25, 0.3) is 11.8 Å². The van der Waals surface area contributed by atoms with Gasteiger partial charge in [-0.15, -0.1) is 0 Å². The second kappa shape index (κ2) is 8.57. The summed E-state index contributed by atoms with van der Waals surface area (Å²) in [6.45, 7) is 5.76. The standard InChI is InChI=1S/C25H20F3N3O2S/c1-14-7-4-5-10-21(14)30-15(2)11-17(16(30)3)12-20-22(32)29-24(34)31(23(20)33)19-9-6-8-18(13-19)25(26,27)28/h4-13H,1-3H3,(H,29,32,34)/b20-12+. The van der Waals surface area contributed by atoms with E-state index in [0.717, 1.165) is 39.7 Å². The molecule has 1 aliphatic heterocycles. The maximum Gasteiger partial charge on any atom is 0.416 e. The smallest absolute Gasteiger partial charge is 0.318 e. The Labute approximate surface area is 199 Å². The largest absolute Gasteiger partial charge is 0.416 e. The fourth-order valence-corrected chi connectivity index (χ4v) is 4.27. The van der Waals surface area contributed by atoms with Crippen LogP contribution in [0.3, 0.4) is 0 Å². The Bertz CT molecular complexity index is 1370. The number of thiocarbonyl (C=S) groups is 1. The molecule has 0 atom stereocenters. The van der Waals surface area contributed by atoms with Crippen LogP contribution in [0.4, 0.5) is 18.9 Å². The highest BCUT2D eigenvalue weighted by atomic mass is 32.1. The monoisotopic (exact) mass is 483 g/mol. The van der Waals surface area contributed by atoms with Crippen LogP contribution >= 0.6 is 12.2 Å². The molecule has 0 spiro atoms. The van der Waals surface area contributed by atoms with E-state index >= 15 is 0 Å². The Morgan fingerprint density at radius 1 is 0.971 bits per heavy atom. The summed E-state index contributed by atoms with van der Waals surface area (Å²) in [6.07, 6.45) is -3.15. The lowest BCUT2D eigenvalue weighted by Crippen LogP contribution is -2.54. The van der Waals surface area contributed by atoms with Crippen LogP contribution in [0.25, 0.3) is 11.8 Å². The summed E-state index contributed by atoms with van der Waals surface area (Å²) in [5.74, 6) is -1.51. The summed E-state index contributed by atoms with van der Waals surface area (Å²) < 4.78 is 41.6. The molecule has 0 aliphatic carbocycles. The number of hydrogen-bond acceptors (Lipinski definition) is 3. The SMILES string of the molecule is Cc1ccccc1-n1c(C)cc(/C=C2\C(=O)NC(=S)N(c3cccc(C(F)(F)F)c3)C2=O)c1C. The minimum absolute atomic E-state index is 0.0823. The molecular formula is C25H20F3N3O2S. The lowest BCUT2D eigenvalue weighted by atomic mass is 10.1. The molecule has 1 saturated heterocycles. The van der Waals surface area contributed by atoms with Gasteiger partial charge in [-0.3, -0.25) is 19.8 Å². The van der Waals surface area contributed by atoms with Gasteiger partial charge in [0.05, 0.1) is 11.3 Å². The fraction of sp³-hybridized carbons (Fsp3) is 0.160. The zero-order chi connectivity index (χ0) is 24.8. The van der Waals surface area contributed by atoms with Crippen molar-refractivity contribution in [3.05, 3.63) is 88.2 Å². The van der Waals surface area contributed by atoms with Crippen LogP contribution in [-0.2, 0) is 15.8 Å². The van der Waals surface area contributed by atoms with Gasteiger partial charge in [-0.2, -0.15) is 13.2 Å². The van der Waals surface area contributed by atoms with Gasteiger partial charge < -0.3 is 4.57 Å². The Morgan fingerprint density at radius 3 is 2.35 bits per heavy atom. The van der Waals surface area contributed by atoms with Gasteiger partial charge in [-0.1, -0.05) is 24.3 Å². The maximum absolute atomic E-state index is 13.3. The first-order valence-corrected chi connectivity index (χ1v) is 10.7. The topological polar surface area (TPSA) is 54.3 Å². The zero-order valence-corrected chi connectivity index (χ0v) is 19.3. The van der Waals surface area contributed by atoms with Crippen molar-refractivity contribution in [2.45, 2.75) is 26.9 Å². The van der Waals surface area contributed by atoms with Crippen molar-refractivity contribution in [1.82, 2.24) is 9.88 Å². The van der Waals surface area contributed by atoms with E-state index < -0.39 is 23.6 Å². The van der Waals surface area contributed by atoms with Crippen LogP contribution in [-0.4, -0.2) is 21.5 Å². The molecule has 174 valence electrons. The lowest BCUT2D eigenvalue weighted by molar-refractivity contribution is -0.137. The van der Waals surface area contributed by atoms with Crippen molar-refractivity contribution in [3.8, 4) is 5.69 Å². The molecule has 2 heterocycles. The molecule has 3 aromatic rings. The van der Waals surface area contributed by atoms with E-state index in [1.165, 1.54) is 18.2 Å². The molecule has 5 nitrogen and oxygen atoms in total. The molecule has 2 amide bonds. The lowest BCUT2D eigenvalue weighted by Gasteiger charge is -2.29. The van der Waals surface area contributed by atoms with Crippen LogP contribution in [0.15, 0.2) is 60.2 Å². The average molecular weight is 484 g/mol. The normalized spacial score (nSPS) is 15.8. The number of amides is 2. The Balaban J connectivity index is 1.77. The van der Waals surface area contributed by atoms with Gasteiger partial charge in [0.1, 0.15) is 5.57 Å². The molecule has 2 aromatic carbocycles. The summed E-state index contributed by atoms with van der Waals surface area (Å²) >= 11 is 5.11. The van der Waals surface area contributed by atoms with Crippen molar-refractivity contribution in [3.63, 3.8) is 0 Å². The number of para-hydroxylation sites is 1. The summed E-state index contributed by atoms with van der Waals surface area (Å²) in [5.41, 5.74) is 3.12. The molecule has 0 bridgehead atoms. The molecular weight excluding hydrogens is 463 g/mol. The summed E-state index contributed by atoms with van der Waals surface area (Å²) in [6, 6.07) is 13.9. The molecule has 1 fully saturated rings. The third-order valence-corrected chi connectivity index (χ3v) is 5.94. The van der Waals surface area contributed by atoms with Gasteiger partial charge in [-0.05, 0) is 80.5 Å². The molecule has 1 aromatic heterocycles. The average Bonchev–Trinajstić information content (AvgIpc) is 3.04. The van der Waals surface area contributed by atoms with Crippen LogP contribution < -0.4 is 10.2 Å². The molecule has 0 saturated carbocycles. The van der Waals surface area contributed by atoms with E-state index in [-0.39, 0.29) is 16.4 Å². The fourth-order valence-electron chi connectivity index (χ4n) is 3.99. The summed E-state index contributed by atoms with van der Waals surface area (Å²) in [7, 11) is 0. The number of nitrogens with zero attached hydrogens (tertiary/aromatic N) is 2. The van der Waals surface area contributed by atoms with E-state index in [1.54, 1.807) is 0 Å². The number of rotatable bonds is 3. The number of alkyl halides is 3. The van der Waals surface area contributed by atoms with Crippen molar-refractivity contribution >= 4 is 40.9 Å². The predicted octanol–water partition coefficient (Wildman–Crippen LogP) is 5.25. The van der Waals surface area contributed by atoms with Crippen LogP contribution in [0, 0.1) is 20.8 Å². The van der Waals surface area contributed by atoms with E-state index in [9.17, 15) is 22.8 Å². The number of carbonyl (C=O) groups excluding carboxylic acids is 2. The third kappa shape index (κ3) is 4.14. The third-order valence-electron chi connectivity index (χ3n) is 5.66. The molecule has 34 heavy (non-hydrogen) atoms. The predicted molar refractivity (Wildman–Crippen MR) is 128 cm³/mol. The van der Waals surface area contributed by atoms with Crippen LogP contribution in [0.1, 0.15) is 28.1 Å². The molecule has 1 aliphatic rings. The Hall–Kier alpha value is -3.72. The number of anilines is 1. The highest BCUT2D eigenvalue weighted by molar-refractivity contribution is 7.80. The van der Waals surface area contributed by atoms with Gasteiger partial charge >= 0.3 is 6.18 Å². The highest BCUT2D eigenvalue weighted by Gasteiger charge is 2.36. The number of benzene rings is 2. The molecule has 9 heteroatoms. The first-order valence-electron chi connectivity index (χ1n) is 10.3. The van der Waals surface area contributed by atoms with E-state index in [1.807, 2.05) is 55.7 Å². The van der Waals surface area contributed by atoms with Gasteiger partial charge in [0.15, 0.2) is 5.11 Å². The minimum Gasteiger partial charge on any atom is -0.318 e. The molecule has 1 N–H and O–H groups in total. The number of carbonyl (C=O) groups is 2. The Morgan fingerprint density at radius 2 is 1.68 bits per heavy atom. The number of hydrogen-bond donors (Lipinski definition) is 1. The quantitative estimate of drug-likeness (QED) is 0.314. The van der Waals surface area contributed by atoms with E-state index in [2.05, 4.69) is 5.32 Å². The second-order valence-electron chi connectivity index (χ2n) is 7.95. The summed E-state index contributed by atoms with van der Waals surface area (Å²) in [4.78, 5) is 26.8.